The highest BCUT2D eigenvalue weighted by atomic mass is 16.5. The van der Waals surface area contributed by atoms with Crippen LogP contribution >= 0.6 is 0 Å². The third kappa shape index (κ3) is 10.8. The molecule has 0 atom stereocenters. The summed E-state index contributed by atoms with van der Waals surface area (Å²) in [6.45, 7) is 2.52. The Morgan fingerprint density at radius 3 is 2.71 bits per heavy atom. The van der Waals surface area contributed by atoms with Gasteiger partial charge in [-0.15, -0.1) is 5.73 Å². The Morgan fingerprint density at radius 2 is 2.07 bits per heavy atom. The summed E-state index contributed by atoms with van der Waals surface area (Å²) >= 11 is 0. The van der Waals surface area contributed by atoms with Crippen molar-refractivity contribution in [3.8, 4) is 0 Å². The minimum absolute atomic E-state index is 0.338. The SMILES string of the molecule is CCCCCC=C=CCCOC(N)=O. The van der Waals surface area contributed by atoms with Crippen molar-refractivity contribution in [1.82, 2.24) is 0 Å². The Kier molecular flexibility index (Phi) is 9.02. The predicted octanol–water partition coefficient (Wildman–Crippen LogP) is 2.76. The molecule has 0 bridgehead atoms. The van der Waals surface area contributed by atoms with E-state index in [1.54, 1.807) is 0 Å². The van der Waals surface area contributed by atoms with Gasteiger partial charge in [0, 0.05) is 6.42 Å². The van der Waals surface area contributed by atoms with Gasteiger partial charge in [0.15, 0.2) is 0 Å². The molecule has 0 saturated carbocycles. The number of carbonyl (C=O) groups excluding carboxylic acids is 1. The smallest absolute Gasteiger partial charge is 0.404 e. The zero-order valence-corrected chi connectivity index (χ0v) is 8.79. The van der Waals surface area contributed by atoms with Crippen LogP contribution in [0.15, 0.2) is 17.9 Å². The molecule has 0 rings (SSSR count). The molecule has 0 spiro atoms. The first kappa shape index (κ1) is 12.8. The third-order valence-corrected chi connectivity index (χ3v) is 1.69. The molecule has 0 aromatic heterocycles. The van der Waals surface area contributed by atoms with E-state index in [0.29, 0.717) is 13.0 Å². The van der Waals surface area contributed by atoms with Gasteiger partial charge in [-0.1, -0.05) is 19.8 Å². The van der Waals surface area contributed by atoms with Crippen molar-refractivity contribution in [2.75, 3.05) is 6.61 Å². The second-order valence-corrected chi connectivity index (χ2v) is 3.03. The quantitative estimate of drug-likeness (QED) is 0.504. The van der Waals surface area contributed by atoms with Crippen LogP contribution in [-0.4, -0.2) is 12.7 Å². The predicted molar refractivity (Wildman–Crippen MR) is 56.9 cm³/mol. The first-order valence-electron chi connectivity index (χ1n) is 5.09. The molecule has 80 valence electrons. The van der Waals surface area contributed by atoms with E-state index in [4.69, 9.17) is 5.73 Å². The van der Waals surface area contributed by atoms with Crippen molar-refractivity contribution in [2.45, 2.75) is 39.0 Å². The van der Waals surface area contributed by atoms with Crippen LogP contribution in [0.3, 0.4) is 0 Å². The topological polar surface area (TPSA) is 52.3 Å². The summed E-state index contributed by atoms with van der Waals surface area (Å²) < 4.78 is 4.54. The molecule has 0 heterocycles. The van der Waals surface area contributed by atoms with Gasteiger partial charge in [-0.05, 0) is 25.0 Å². The summed E-state index contributed by atoms with van der Waals surface area (Å²) in [5.74, 6) is 0. The van der Waals surface area contributed by atoms with Crippen LogP contribution in [0.4, 0.5) is 4.79 Å². The van der Waals surface area contributed by atoms with E-state index in [-0.39, 0.29) is 0 Å². The fraction of sp³-hybridized carbons (Fsp3) is 0.636. The molecule has 0 aromatic carbocycles. The Morgan fingerprint density at radius 1 is 1.36 bits per heavy atom. The summed E-state index contributed by atoms with van der Waals surface area (Å²) in [5.41, 5.74) is 7.82. The molecule has 3 nitrogen and oxygen atoms in total. The first-order valence-corrected chi connectivity index (χ1v) is 5.09. The molecular weight excluding hydrogens is 178 g/mol. The number of hydrogen-bond donors (Lipinski definition) is 1. The maximum Gasteiger partial charge on any atom is 0.404 e. The molecule has 0 saturated heterocycles. The molecule has 0 aliphatic carbocycles. The van der Waals surface area contributed by atoms with Crippen LogP contribution in [0, 0.1) is 0 Å². The van der Waals surface area contributed by atoms with Gasteiger partial charge in [0.2, 0.25) is 0 Å². The van der Waals surface area contributed by atoms with E-state index in [9.17, 15) is 4.79 Å². The van der Waals surface area contributed by atoms with Gasteiger partial charge in [0.1, 0.15) is 0 Å². The van der Waals surface area contributed by atoms with Crippen LogP contribution in [0.5, 0.6) is 0 Å². The van der Waals surface area contributed by atoms with E-state index in [1.807, 2.05) is 12.2 Å². The second kappa shape index (κ2) is 9.87. The van der Waals surface area contributed by atoms with Crippen molar-refractivity contribution < 1.29 is 9.53 Å². The lowest BCUT2D eigenvalue weighted by molar-refractivity contribution is 0.159. The largest absolute Gasteiger partial charge is 0.449 e. The number of hydrogen-bond acceptors (Lipinski definition) is 2. The molecule has 0 unspecified atom stereocenters. The van der Waals surface area contributed by atoms with E-state index in [0.717, 1.165) is 6.42 Å². The number of amides is 1. The average Bonchev–Trinajstić information content (AvgIpc) is 2.15. The van der Waals surface area contributed by atoms with Crippen molar-refractivity contribution >= 4 is 6.09 Å². The number of primary amides is 1. The second-order valence-electron chi connectivity index (χ2n) is 3.03. The van der Waals surface area contributed by atoms with Crippen LogP contribution in [-0.2, 0) is 4.74 Å². The Hall–Kier alpha value is -1.21. The summed E-state index contributed by atoms with van der Waals surface area (Å²) in [7, 11) is 0. The summed E-state index contributed by atoms with van der Waals surface area (Å²) in [6, 6.07) is 0. The summed E-state index contributed by atoms with van der Waals surface area (Å²) in [6.07, 6.45) is 8.62. The Balaban J connectivity index is 3.28. The van der Waals surface area contributed by atoms with Gasteiger partial charge >= 0.3 is 6.09 Å². The number of rotatable bonds is 7. The average molecular weight is 197 g/mol. The standard InChI is InChI=1S/C11H19NO2/c1-2-3-4-5-6-7-8-9-10-14-11(12)13/h6,8H,2-5,9-10H2,1H3,(H2,12,13). The van der Waals surface area contributed by atoms with Gasteiger partial charge in [-0.3, -0.25) is 0 Å². The monoisotopic (exact) mass is 197 g/mol. The molecule has 2 N–H and O–H groups in total. The summed E-state index contributed by atoms with van der Waals surface area (Å²) in [4.78, 5) is 10.2. The molecule has 0 aromatic rings. The molecular formula is C11H19NO2. The van der Waals surface area contributed by atoms with E-state index in [1.165, 1.54) is 19.3 Å². The minimum atomic E-state index is -0.717. The number of carbonyl (C=O) groups is 1. The van der Waals surface area contributed by atoms with Gasteiger partial charge in [0.05, 0.1) is 6.61 Å². The van der Waals surface area contributed by atoms with Gasteiger partial charge in [-0.2, -0.15) is 0 Å². The lowest BCUT2D eigenvalue weighted by atomic mass is 10.2. The fourth-order valence-electron chi connectivity index (χ4n) is 0.965. The van der Waals surface area contributed by atoms with Crippen LogP contribution < -0.4 is 5.73 Å². The van der Waals surface area contributed by atoms with Gasteiger partial charge in [-0.25, -0.2) is 4.79 Å². The van der Waals surface area contributed by atoms with E-state index in [2.05, 4.69) is 17.4 Å². The highest BCUT2D eigenvalue weighted by Gasteiger charge is 1.88. The Labute approximate surface area is 85.6 Å². The van der Waals surface area contributed by atoms with Crippen LogP contribution in [0.25, 0.3) is 0 Å². The van der Waals surface area contributed by atoms with E-state index >= 15 is 0 Å². The normalized spacial score (nSPS) is 8.93. The zero-order chi connectivity index (χ0) is 10.6. The maximum atomic E-state index is 10.2. The highest BCUT2D eigenvalue weighted by molar-refractivity contribution is 5.64. The molecule has 0 aliphatic heterocycles. The van der Waals surface area contributed by atoms with Gasteiger partial charge in [0.25, 0.3) is 0 Å². The van der Waals surface area contributed by atoms with Crippen LogP contribution in [0.1, 0.15) is 39.0 Å². The zero-order valence-electron chi connectivity index (χ0n) is 8.79. The van der Waals surface area contributed by atoms with Gasteiger partial charge < -0.3 is 10.5 Å². The molecule has 0 radical (unpaired) electrons. The number of nitrogens with two attached hydrogens (primary N) is 1. The lowest BCUT2D eigenvalue weighted by Crippen LogP contribution is -2.13. The highest BCUT2D eigenvalue weighted by Crippen LogP contribution is 1.98. The summed E-state index contributed by atoms with van der Waals surface area (Å²) in [5, 5.41) is 0. The molecule has 0 aliphatic rings. The van der Waals surface area contributed by atoms with Crippen molar-refractivity contribution in [2.24, 2.45) is 5.73 Å². The first-order chi connectivity index (χ1) is 6.77. The molecule has 14 heavy (non-hydrogen) atoms. The fourth-order valence-corrected chi connectivity index (χ4v) is 0.965. The van der Waals surface area contributed by atoms with Crippen LogP contribution in [0.2, 0.25) is 0 Å². The number of ether oxygens (including phenoxy) is 1. The lowest BCUT2D eigenvalue weighted by Gasteiger charge is -1.94. The van der Waals surface area contributed by atoms with Crippen molar-refractivity contribution in [3.63, 3.8) is 0 Å². The third-order valence-electron chi connectivity index (χ3n) is 1.69. The van der Waals surface area contributed by atoms with Crippen molar-refractivity contribution in [1.29, 1.82) is 0 Å². The molecule has 0 fully saturated rings. The Bertz CT molecular complexity index is 205. The molecule has 3 heteroatoms. The van der Waals surface area contributed by atoms with E-state index < -0.39 is 6.09 Å². The minimum Gasteiger partial charge on any atom is -0.449 e. The number of unbranched alkanes of at least 4 members (excludes halogenated alkanes) is 3. The maximum absolute atomic E-state index is 10.2. The molecule has 1 amide bonds. The van der Waals surface area contributed by atoms with Crippen molar-refractivity contribution in [3.05, 3.63) is 17.9 Å².